The quantitative estimate of drug-likeness (QED) is 0.650. The standard InChI is InChI=1S/C21H20N4O2S/c26-19(14-16-15-28-21(22-16)24-13-7-12-20(24)27)23-25(17-8-3-1-4-9-17)18-10-5-2-6-11-18/h1-6,8-11,15H,7,12-14H2,(H,23,26). The summed E-state index contributed by atoms with van der Waals surface area (Å²) in [5.41, 5.74) is 5.36. The van der Waals surface area contributed by atoms with Crippen LogP contribution in [0.15, 0.2) is 66.0 Å². The molecular formula is C21H20N4O2S. The van der Waals surface area contributed by atoms with Crippen molar-refractivity contribution in [3.05, 3.63) is 71.7 Å². The highest BCUT2D eigenvalue weighted by atomic mass is 32.1. The van der Waals surface area contributed by atoms with Crippen molar-refractivity contribution in [1.82, 2.24) is 10.4 Å². The molecular weight excluding hydrogens is 372 g/mol. The van der Waals surface area contributed by atoms with Crippen LogP contribution in [0.5, 0.6) is 0 Å². The molecule has 0 spiro atoms. The minimum atomic E-state index is -0.169. The minimum absolute atomic E-state index is 0.102. The molecule has 0 saturated carbocycles. The van der Waals surface area contributed by atoms with E-state index in [0.717, 1.165) is 17.8 Å². The number of aromatic nitrogens is 1. The molecule has 4 rings (SSSR count). The average molecular weight is 392 g/mol. The first-order chi connectivity index (χ1) is 13.7. The number of hydrazine groups is 1. The fourth-order valence-corrected chi connectivity index (χ4v) is 3.98. The first kappa shape index (κ1) is 18.2. The van der Waals surface area contributed by atoms with E-state index in [0.29, 0.717) is 23.8 Å². The van der Waals surface area contributed by atoms with Gasteiger partial charge in [-0.2, -0.15) is 0 Å². The van der Waals surface area contributed by atoms with E-state index >= 15 is 0 Å². The molecule has 0 aliphatic carbocycles. The normalized spacial score (nSPS) is 13.6. The second kappa shape index (κ2) is 8.22. The number of benzene rings is 2. The Morgan fingerprint density at radius 3 is 2.29 bits per heavy atom. The van der Waals surface area contributed by atoms with E-state index < -0.39 is 0 Å². The van der Waals surface area contributed by atoms with Gasteiger partial charge in [0.25, 0.3) is 0 Å². The summed E-state index contributed by atoms with van der Waals surface area (Å²) >= 11 is 1.40. The van der Waals surface area contributed by atoms with Crippen molar-refractivity contribution in [3.8, 4) is 0 Å². The highest BCUT2D eigenvalue weighted by Gasteiger charge is 2.24. The number of hydrogen-bond acceptors (Lipinski definition) is 5. The molecule has 0 atom stereocenters. The molecule has 2 aromatic carbocycles. The lowest BCUT2D eigenvalue weighted by Gasteiger charge is -2.25. The Morgan fingerprint density at radius 1 is 1.07 bits per heavy atom. The summed E-state index contributed by atoms with van der Waals surface area (Å²) in [4.78, 5) is 30.7. The van der Waals surface area contributed by atoms with Gasteiger partial charge >= 0.3 is 0 Å². The van der Waals surface area contributed by atoms with Gasteiger partial charge in [0.2, 0.25) is 11.8 Å². The Morgan fingerprint density at radius 2 is 1.71 bits per heavy atom. The second-order valence-electron chi connectivity index (χ2n) is 6.49. The molecule has 0 bridgehead atoms. The molecule has 3 aromatic rings. The van der Waals surface area contributed by atoms with E-state index in [-0.39, 0.29) is 18.2 Å². The lowest BCUT2D eigenvalue weighted by Crippen LogP contribution is -2.39. The zero-order valence-electron chi connectivity index (χ0n) is 15.2. The van der Waals surface area contributed by atoms with Crippen molar-refractivity contribution in [2.24, 2.45) is 0 Å². The number of amides is 2. The Hall–Kier alpha value is -3.19. The molecule has 1 aliphatic rings. The largest absolute Gasteiger partial charge is 0.288 e. The first-order valence-electron chi connectivity index (χ1n) is 9.15. The third-order valence-electron chi connectivity index (χ3n) is 4.45. The van der Waals surface area contributed by atoms with Gasteiger partial charge < -0.3 is 0 Å². The predicted octanol–water partition coefficient (Wildman–Crippen LogP) is 3.68. The highest BCUT2D eigenvalue weighted by Crippen LogP contribution is 2.26. The molecule has 1 fully saturated rings. The molecule has 2 amide bonds. The number of carbonyl (C=O) groups is 2. The van der Waals surface area contributed by atoms with Crippen LogP contribution >= 0.6 is 11.3 Å². The molecule has 1 aromatic heterocycles. The lowest BCUT2D eigenvalue weighted by atomic mass is 10.2. The number of anilines is 3. The summed E-state index contributed by atoms with van der Waals surface area (Å²) in [6.07, 6.45) is 1.57. The number of carbonyl (C=O) groups excluding carboxylic acids is 2. The number of thiazole rings is 1. The highest BCUT2D eigenvalue weighted by molar-refractivity contribution is 7.14. The minimum Gasteiger partial charge on any atom is -0.288 e. The second-order valence-corrected chi connectivity index (χ2v) is 7.33. The summed E-state index contributed by atoms with van der Waals surface area (Å²) in [5, 5.41) is 4.28. The van der Waals surface area contributed by atoms with Gasteiger partial charge in [0.15, 0.2) is 5.13 Å². The molecule has 28 heavy (non-hydrogen) atoms. The molecule has 1 aliphatic heterocycles. The van der Waals surface area contributed by atoms with Crippen LogP contribution < -0.4 is 15.3 Å². The van der Waals surface area contributed by atoms with Gasteiger partial charge in [-0.3, -0.25) is 24.9 Å². The van der Waals surface area contributed by atoms with Gasteiger partial charge in [-0.15, -0.1) is 11.3 Å². The van der Waals surface area contributed by atoms with E-state index in [2.05, 4.69) is 10.4 Å². The molecule has 1 saturated heterocycles. The van der Waals surface area contributed by atoms with E-state index in [4.69, 9.17) is 0 Å². The number of nitrogens with one attached hydrogen (secondary N) is 1. The fourth-order valence-electron chi connectivity index (χ4n) is 3.11. The summed E-state index contributed by atoms with van der Waals surface area (Å²) < 4.78 is 0. The topological polar surface area (TPSA) is 65.5 Å². The van der Waals surface area contributed by atoms with Gasteiger partial charge in [0.05, 0.1) is 23.5 Å². The number of hydrogen-bond donors (Lipinski definition) is 1. The monoisotopic (exact) mass is 392 g/mol. The number of para-hydroxylation sites is 2. The van der Waals surface area contributed by atoms with Gasteiger partial charge in [-0.05, 0) is 30.7 Å². The van der Waals surface area contributed by atoms with E-state index in [1.54, 1.807) is 9.91 Å². The van der Waals surface area contributed by atoms with Crippen LogP contribution in [0.3, 0.4) is 0 Å². The van der Waals surface area contributed by atoms with Crippen molar-refractivity contribution < 1.29 is 9.59 Å². The predicted molar refractivity (Wildman–Crippen MR) is 111 cm³/mol. The third-order valence-corrected chi connectivity index (χ3v) is 5.36. The van der Waals surface area contributed by atoms with E-state index in [1.807, 2.05) is 66.0 Å². The van der Waals surface area contributed by atoms with Crippen LogP contribution in [0.1, 0.15) is 18.5 Å². The van der Waals surface area contributed by atoms with Crippen LogP contribution in [0.4, 0.5) is 16.5 Å². The van der Waals surface area contributed by atoms with Crippen molar-refractivity contribution in [2.45, 2.75) is 19.3 Å². The van der Waals surface area contributed by atoms with Crippen molar-refractivity contribution in [3.63, 3.8) is 0 Å². The molecule has 6 nitrogen and oxygen atoms in total. The van der Waals surface area contributed by atoms with Crippen LogP contribution in [-0.4, -0.2) is 23.3 Å². The van der Waals surface area contributed by atoms with Crippen molar-refractivity contribution in [2.75, 3.05) is 16.5 Å². The van der Waals surface area contributed by atoms with Crippen LogP contribution in [0.2, 0.25) is 0 Å². The zero-order chi connectivity index (χ0) is 19.3. The summed E-state index contributed by atoms with van der Waals surface area (Å²) in [7, 11) is 0. The van der Waals surface area contributed by atoms with E-state index in [1.165, 1.54) is 11.3 Å². The summed E-state index contributed by atoms with van der Waals surface area (Å²) in [6.45, 7) is 0.702. The van der Waals surface area contributed by atoms with E-state index in [9.17, 15) is 9.59 Å². The van der Waals surface area contributed by atoms with Crippen molar-refractivity contribution in [1.29, 1.82) is 0 Å². The van der Waals surface area contributed by atoms with Gasteiger partial charge in [-0.25, -0.2) is 4.98 Å². The Labute approximate surface area is 167 Å². The maximum Gasteiger partial charge on any atom is 0.244 e. The smallest absolute Gasteiger partial charge is 0.244 e. The Kier molecular flexibility index (Phi) is 5.34. The van der Waals surface area contributed by atoms with Crippen LogP contribution in [0.25, 0.3) is 0 Å². The maximum atomic E-state index is 12.7. The summed E-state index contributed by atoms with van der Waals surface area (Å²) in [5.74, 6) is -0.0676. The molecule has 1 N–H and O–H groups in total. The SMILES string of the molecule is O=C(Cc1csc(N2CCCC2=O)n1)NN(c1ccccc1)c1ccccc1. The van der Waals surface area contributed by atoms with Crippen LogP contribution in [-0.2, 0) is 16.0 Å². The number of nitrogens with zero attached hydrogens (tertiary/aromatic N) is 3. The van der Waals surface area contributed by atoms with Gasteiger partial charge in [-0.1, -0.05) is 36.4 Å². The molecule has 0 radical (unpaired) electrons. The number of rotatable bonds is 6. The maximum absolute atomic E-state index is 12.7. The molecule has 2 heterocycles. The average Bonchev–Trinajstić information content (AvgIpc) is 3.36. The zero-order valence-corrected chi connectivity index (χ0v) is 16.1. The summed E-state index contributed by atoms with van der Waals surface area (Å²) in [6, 6.07) is 19.3. The Balaban J connectivity index is 1.48. The first-order valence-corrected chi connectivity index (χ1v) is 10.0. The van der Waals surface area contributed by atoms with Gasteiger partial charge in [0.1, 0.15) is 0 Å². The Bertz CT molecular complexity index is 919. The van der Waals surface area contributed by atoms with Crippen molar-refractivity contribution >= 4 is 39.7 Å². The van der Waals surface area contributed by atoms with Crippen LogP contribution in [0, 0.1) is 0 Å². The lowest BCUT2D eigenvalue weighted by molar-refractivity contribution is -0.120. The molecule has 0 unspecified atom stereocenters. The van der Waals surface area contributed by atoms with Gasteiger partial charge in [0, 0.05) is 18.3 Å². The third kappa shape index (κ3) is 4.04. The fraction of sp³-hybridized carbons (Fsp3) is 0.190. The molecule has 142 valence electrons. The molecule has 7 heteroatoms.